The lowest BCUT2D eigenvalue weighted by molar-refractivity contribution is -0.115. The van der Waals surface area contributed by atoms with E-state index in [1.807, 2.05) is 38.1 Å². The second kappa shape index (κ2) is 7.31. The van der Waals surface area contributed by atoms with E-state index in [0.29, 0.717) is 30.0 Å². The van der Waals surface area contributed by atoms with Gasteiger partial charge in [-0.3, -0.25) is 4.79 Å². The highest BCUT2D eigenvalue weighted by molar-refractivity contribution is 8.00. The molecule has 1 aromatic carbocycles. The summed E-state index contributed by atoms with van der Waals surface area (Å²) in [7, 11) is 0. The molecule has 1 unspecified atom stereocenters. The largest absolute Gasteiger partial charge is 0.492 e. The molecule has 2 saturated carbocycles. The molecule has 0 spiro atoms. The van der Waals surface area contributed by atoms with Gasteiger partial charge in [-0.15, -0.1) is 10.2 Å². The highest BCUT2D eigenvalue weighted by Crippen LogP contribution is 2.46. The molecule has 7 heteroatoms. The van der Waals surface area contributed by atoms with Gasteiger partial charge in [0, 0.05) is 12.0 Å². The van der Waals surface area contributed by atoms with E-state index in [0.717, 1.165) is 11.0 Å². The summed E-state index contributed by atoms with van der Waals surface area (Å²) in [6, 6.07) is 8.04. The van der Waals surface area contributed by atoms with Gasteiger partial charge in [-0.2, -0.15) is 0 Å². The lowest BCUT2D eigenvalue weighted by Gasteiger charge is -2.15. The first-order valence-electron chi connectivity index (χ1n) is 9.31. The minimum Gasteiger partial charge on any atom is -0.492 e. The van der Waals surface area contributed by atoms with Crippen LogP contribution in [0.1, 0.15) is 57.3 Å². The summed E-state index contributed by atoms with van der Waals surface area (Å²) < 4.78 is 7.86. The number of amides is 1. The molecule has 2 aliphatic carbocycles. The number of aromatic nitrogens is 3. The van der Waals surface area contributed by atoms with E-state index in [2.05, 4.69) is 20.1 Å². The zero-order chi connectivity index (χ0) is 18.1. The van der Waals surface area contributed by atoms with Crippen LogP contribution in [0.4, 0.5) is 5.69 Å². The number of carbonyl (C=O) groups is 1. The molecule has 26 heavy (non-hydrogen) atoms. The fraction of sp³-hybridized carbons (Fsp3) is 0.526. The number of hydrogen-bond acceptors (Lipinski definition) is 5. The first-order valence-corrected chi connectivity index (χ1v) is 10.2. The summed E-state index contributed by atoms with van der Waals surface area (Å²) in [6.07, 6.45) is 4.79. The number of nitrogens with one attached hydrogen (secondary N) is 1. The molecule has 0 saturated heterocycles. The number of thioether (sulfide) groups is 1. The molecular formula is C19H24N4O2S. The number of ether oxygens (including phenoxy) is 1. The van der Waals surface area contributed by atoms with Crippen LogP contribution < -0.4 is 10.1 Å². The van der Waals surface area contributed by atoms with Crippen LogP contribution in [0.25, 0.3) is 0 Å². The summed E-state index contributed by atoms with van der Waals surface area (Å²) in [6.45, 7) is 4.40. The Morgan fingerprint density at radius 1 is 1.31 bits per heavy atom. The van der Waals surface area contributed by atoms with E-state index in [4.69, 9.17) is 4.74 Å². The maximum Gasteiger partial charge on any atom is 0.237 e. The number of anilines is 1. The third-order valence-electron chi connectivity index (χ3n) is 4.64. The predicted molar refractivity (Wildman–Crippen MR) is 102 cm³/mol. The van der Waals surface area contributed by atoms with E-state index in [1.54, 1.807) is 0 Å². The molecule has 1 amide bonds. The average Bonchev–Trinajstić information content (AvgIpc) is 3.56. The SMILES string of the molecule is CCOc1ccccc1NC(=O)C(C)Sc1nnc(C2CC2)n1C1CC1. The van der Waals surface area contributed by atoms with Crippen LogP contribution in [0, 0.1) is 0 Å². The van der Waals surface area contributed by atoms with Crippen molar-refractivity contribution in [3.63, 3.8) is 0 Å². The van der Waals surface area contributed by atoms with Gasteiger partial charge in [-0.05, 0) is 51.7 Å². The van der Waals surface area contributed by atoms with Gasteiger partial charge in [0.15, 0.2) is 5.16 Å². The summed E-state index contributed by atoms with van der Waals surface area (Å²) in [4.78, 5) is 12.7. The van der Waals surface area contributed by atoms with Crippen molar-refractivity contribution in [2.45, 2.75) is 61.9 Å². The molecule has 1 N–H and O–H groups in total. The zero-order valence-corrected chi connectivity index (χ0v) is 16.0. The summed E-state index contributed by atoms with van der Waals surface area (Å²) in [5.74, 6) is 2.32. The Balaban J connectivity index is 1.45. The molecule has 2 fully saturated rings. The van der Waals surface area contributed by atoms with E-state index in [9.17, 15) is 4.79 Å². The first kappa shape index (κ1) is 17.4. The monoisotopic (exact) mass is 372 g/mol. The van der Waals surface area contributed by atoms with Crippen molar-refractivity contribution in [1.82, 2.24) is 14.8 Å². The van der Waals surface area contributed by atoms with Crippen molar-refractivity contribution in [2.75, 3.05) is 11.9 Å². The van der Waals surface area contributed by atoms with Gasteiger partial charge in [0.25, 0.3) is 0 Å². The van der Waals surface area contributed by atoms with E-state index < -0.39 is 0 Å². The van der Waals surface area contributed by atoms with Crippen LogP contribution in [0.5, 0.6) is 5.75 Å². The Labute approximate surface area is 157 Å². The van der Waals surface area contributed by atoms with Gasteiger partial charge in [-0.25, -0.2) is 0 Å². The molecule has 1 atom stereocenters. The molecule has 2 aliphatic rings. The number of nitrogens with zero attached hydrogens (tertiary/aromatic N) is 3. The van der Waals surface area contributed by atoms with Crippen LogP contribution in [-0.2, 0) is 4.79 Å². The third kappa shape index (κ3) is 3.72. The number of benzene rings is 1. The summed E-state index contributed by atoms with van der Waals surface area (Å²) in [5.41, 5.74) is 0.703. The van der Waals surface area contributed by atoms with Gasteiger partial charge < -0.3 is 14.6 Å². The highest BCUT2D eigenvalue weighted by Gasteiger charge is 2.37. The summed E-state index contributed by atoms with van der Waals surface area (Å²) >= 11 is 1.49. The molecule has 1 heterocycles. The van der Waals surface area contributed by atoms with Crippen LogP contribution in [0.2, 0.25) is 0 Å². The van der Waals surface area contributed by atoms with E-state index in [-0.39, 0.29) is 11.2 Å². The quantitative estimate of drug-likeness (QED) is 0.709. The maximum atomic E-state index is 12.7. The van der Waals surface area contributed by atoms with Crippen LogP contribution >= 0.6 is 11.8 Å². The number of para-hydroxylation sites is 2. The van der Waals surface area contributed by atoms with Crippen molar-refractivity contribution < 1.29 is 9.53 Å². The smallest absolute Gasteiger partial charge is 0.237 e. The lowest BCUT2D eigenvalue weighted by atomic mass is 10.3. The average molecular weight is 372 g/mol. The standard InChI is InChI=1S/C19H24N4O2S/c1-3-25-16-7-5-4-6-15(16)20-18(24)12(2)26-19-22-21-17(13-8-9-13)23(19)14-10-11-14/h4-7,12-14H,3,8-11H2,1-2H3,(H,20,24). The third-order valence-corrected chi connectivity index (χ3v) is 5.70. The van der Waals surface area contributed by atoms with Crippen molar-refractivity contribution in [3.05, 3.63) is 30.1 Å². The minimum absolute atomic E-state index is 0.0551. The van der Waals surface area contributed by atoms with E-state index >= 15 is 0 Å². The Morgan fingerprint density at radius 3 is 2.77 bits per heavy atom. The summed E-state index contributed by atoms with van der Waals surface area (Å²) in [5, 5.41) is 12.4. The Kier molecular flexibility index (Phi) is 4.89. The molecule has 6 nitrogen and oxygen atoms in total. The van der Waals surface area contributed by atoms with E-state index in [1.165, 1.54) is 37.4 Å². The lowest BCUT2D eigenvalue weighted by Crippen LogP contribution is -2.23. The van der Waals surface area contributed by atoms with Crippen LogP contribution in [-0.4, -0.2) is 32.5 Å². The molecule has 1 aromatic heterocycles. The van der Waals surface area contributed by atoms with Gasteiger partial charge in [0.05, 0.1) is 17.5 Å². The van der Waals surface area contributed by atoms with Crippen molar-refractivity contribution in [2.24, 2.45) is 0 Å². The predicted octanol–water partition coefficient (Wildman–Crippen LogP) is 4.01. The zero-order valence-electron chi connectivity index (χ0n) is 15.1. The van der Waals surface area contributed by atoms with Crippen molar-refractivity contribution in [1.29, 1.82) is 0 Å². The van der Waals surface area contributed by atoms with Gasteiger partial charge in [-0.1, -0.05) is 23.9 Å². The van der Waals surface area contributed by atoms with Crippen LogP contribution in [0.3, 0.4) is 0 Å². The molecule has 2 aromatic rings. The Hall–Kier alpha value is -2.02. The fourth-order valence-electron chi connectivity index (χ4n) is 2.96. The molecule has 0 aliphatic heterocycles. The number of carbonyl (C=O) groups excluding carboxylic acids is 1. The molecule has 138 valence electrons. The fourth-order valence-corrected chi connectivity index (χ4v) is 3.89. The minimum atomic E-state index is -0.265. The Morgan fingerprint density at radius 2 is 2.08 bits per heavy atom. The maximum absolute atomic E-state index is 12.7. The first-order chi connectivity index (χ1) is 12.7. The molecule has 0 radical (unpaired) electrons. The topological polar surface area (TPSA) is 69.0 Å². The molecule has 0 bridgehead atoms. The Bertz CT molecular complexity index is 799. The highest BCUT2D eigenvalue weighted by atomic mass is 32.2. The van der Waals surface area contributed by atoms with Gasteiger partial charge in [0.2, 0.25) is 5.91 Å². The number of rotatable bonds is 8. The second-order valence-corrected chi connectivity index (χ2v) is 8.20. The molecular weight excluding hydrogens is 348 g/mol. The second-order valence-electron chi connectivity index (χ2n) is 6.89. The normalized spacial score (nSPS) is 17.8. The molecule has 4 rings (SSSR count). The van der Waals surface area contributed by atoms with Crippen molar-refractivity contribution in [3.8, 4) is 5.75 Å². The van der Waals surface area contributed by atoms with Crippen LogP contribution in [0.15, 0.2) is 29.4 Å². The number of hydrogen-bond donors (Lipinski definition) is 1. The van der Waals surface area contributed by atoms with Gasteiger partial charge in [0.1, 0.15) is 11.6 Å². The van der Waals surface area contributed by atoms with Gasteiger partial charge >= 0.3 is 0 Å². The van der Waals surface area contributed by atoms with Crippen molar-refractivity contribution >= 4 is 23.4 Å².